The number of ether oxygens (including phenoxy) is 1. The van der Waals surface area contributed by atoms with Crippen molar-refractivity contribution in [1.82, 2.24) is 9.88 Å². The second-order valence-electron chi connectivity index (χ2n) is 6.69. The van der Waals surface area contributed by atoms with E-state index in [1.165, 1.54) is 6.07 Å². The summed E-state index contributed by atoms with van der Waals surface area (Å²) in [6, 6.07) is 15.6. The fourth-order valence-corrected chi connectivity index (χ4v) is 3.29. The molecular weight excluding hydrogens is 335 g/mol. The van der Waals surface area contributed by atoms with Crippen molar-refractivity contribution in [3.05, 3.63) is 66.1 Å². The predicted octanol–water partition coefficient (Wildman–Crippen LogP) is 2.96. The van der Waals surface area contributed by atoms with E-state index >= 15 is 0 Å². The van der Waals surface area contributed by atoms with Crippen molar-refractivity contribution in [2.24, 2.45) is 0 Å². The lowest BCUT2D eigenvalue weighted by atomic mass is 10.1. The number of halogens is 1. The molecule has 1 aliphatic rings. The summed E-state index contributed by atoms with van der Waals surface area (Å²) in [6.45, 7) is 0.712. The molecule has 134 valence electrons. The van der Waals surface area contributed by atoms with Gasteiger partial charge in [-0.2, -0.15) is 0 Å². The van der Waals surface area contributed by atoms with Gasteiger partial charge in [-0.05, 0) is 30.7 Å². The maximum absolute atomic E-state index is 13.8. The monoisotopic (exact) mass is 354 g/mol. The van der Waals surface area contributed by atoms with Gasteiger partial charge in [-0.3, -0.25) is 4.79 Å². The third-order valence-electron chi connectivity index (χ3n) is 4.71. The molecule has 1 atom stereocenters. The van der Waals surface area contributed by atoms with E-state index in [4.69, 9.17) is 4.74 Å². The highest BCUT2D eigenvalue weighted by atomic mass is 19.1. The first-order valence-electron chi connectivity index (χ1n) is 8.51. The Kier molecular flexibility index (Phi) is 4.12. The van der Waals surface area contributed by atoms with Gasteiger partial charge in [-0.25, -0.2) is 4.39 Å². The first-order valence-corrected chi connectivity index (χ1v) is 8.51. The topological polar surface area (TPSA) is 65.6 Å². The van der Waals surface area contributed by atoms with E-state index < -0.39 is 11.4 Å². The Hall–Kier alpha value is -2.86. The maximum atomic E-state index is 13.8. The first-order chi connectivity index (χ1) is 12.5. The lowest BCUT2D eigenvalue weighted by Crippen LogP contribution is -2.40. The van der Waals surface area contributed by atoms with E-state index in [0.29, 0.717) is 35.3 Å². The lowest BCUT2D eigenvalue weighted by molar-refractivity contribution is 0.00426. The summed E-state index contributed by atoms with van der Waals surface area (Å²) in [5.41, 5.74) is -0.459. The maximum Gasteiger partial charge on any atom is 0.270 e. The van der Waals surface area contributed by atoms with Gasteiger partial charge in [0, 0.05) is 11.9 Å². The minimum atomic E-state index is -1.09. The number of aromatic amines is 1. The largest absolute Gasteiger partial charge is 0.491 e. The summed E-state index contributed by atoms with van der Waals surface area (Å²) in [5, 5.41) is 11.4. The zero-order chi connectivity index (χ0) is 18.1. The number of carbonyl (C=O) groups excluding carboxylic acids is 1. The highest BCUT2D eigenvalue weighted by Crippen LogP contribution is 2.26. The van der Waals surface area contributed by atoms with Crippen LogP contribution in [0.25, 0.3) is 10.9 Å². The molecule has 0 saturated carbocycles. The molecule has 26 heavy (non-hydrogen) atoms. The second-order valence-corrected chi connectivity index (χ2v) is 6.69. The SMILES string of the molecule is O=C(c1cc2cccc(F)c2[nH]1)N1CCC(O)(COc2ccccc2)C1. The van der Waals surface area contributed by atoms with Gasteiger partial charge >= 0.3 is 0 Å². The fourth-order valence-electron chi connectivity index (χ4n) is 3.29. The van der Waals surface area contributed by atoms with Crippen LogP contribution in [0.4, 0.5) is 4.39 Å². The van der Waals surface area contributed by atoms with E-state index in [1.54, 1.807) is 23.1 Å². The van der Waals surface area contributed by atoms with E-state index in [9.17, 15) is 14.3 Å². The predicted molar refractivity (Wildman–Crippen MR) is 95.7 cm³/mol. The highest BCUT2D eigenvalue weighted by molar-refractivity contribution is 5.98. The number of aliphatic hydroxyl groups is 1. The van der Waals surface area contributed by atoms with Gasteiger partial charge in [0.1, 0.15) is 29.5 Å². The van der Waals surface area contributed by atoms with Crippen LogP contribution in [0.1, 0.15) is 16.9 Å². The number of H-pyrrole nitrogens is 1. The van der Waals surface area contributed by atoms with Crippen LogP contribution in [0.3, 0.4) is 0 Å². The Bertz CT molecular complexity index is 941. The third-order valence-corrected chi connectivity index (χ3v) is 4.71. The van der Waals surface area contributed by atoms with Crippen molar-refractivity contribution >= 4 is 16.8 Å². The number of benzene rings is 2. The second kappa shape index (κ2) is 6.46. The number of amides is 1. The Morgan fingerprint density at radius 2 is 2.04 bits per heavy atom. The molecule has 2 aromatic carbocycles. The van der Waals surface area contributed by atoms with Gasteiger partial charge < -0.3 is 19.7 Å². The summed E-state index contributed by atoms with van der Waals surface area (Å²) in [5.74, 6) is 0.0313. The summed E-state index contributed by atoms with van der Waals surface area (Å²) in [7, 11) is 0. The third kappa shape index (κ3) is 3.15. The van der Waals surface area contributed by atoms with E-state index in [-0.39, 0.29) is 19.1 Å². The molecule has 4 rings (SSSR count). The number of fused-ring (bicyclic) bond motifs is 1. The minimum Gasteiger partial charge on any atom is -0.491 e. The first kappa shape index (κ1) is 16.6. The molecule has 1 aliphatic heterocycles. The fraction of sp³-hybridized carbons (Fsp3) is 0.250. The van der Waals surface area contributed by atoms with E-state index in [2.05, 4.69) is 4.98 Å². The molecule has 1 amide bonds. The number of para-hydroxylation sites is 2. The summed E-state index contributed by atoms with van der Waals surface area (Å²) >= 11 is 0. The molecule has 1 unspecified atom stereocenters. The Balaban J connectivity index is 1.45. The molecule has 5 nitrogen and oxygen atoms in total. The highest BCUT2D eigenvalue weighted by Gasteiger charge is 2.39. The molecular formula is C20H19FN2O3. The number of β-amino-alcohol motifs (C(OH)–C–C–N with tert-alkyl or cyclic N) is 1. The van der Waals surface area contributed by atoms with E-state index in [0.717, 1.165) is 0 Å². The van der Waals surface area contributed by atoms with Crippen LogP contribution in [-0.4, -0.2) is 46.2 Å². The van der Waals surface area contributed by atoms with Crippen LogP contribution in [0, 0.1) is 5.82 Å². The van der Waals surface area contributed by atoms with Crippen molar-refractivity contribution in [2.45, 2.75) is 12.0 Å². The van der Waals surface area contributed by atoms with Crippen molar-refractivity contribution in [2.75, 3.05) is 19.7 Å². The zero-order valence-corrected chi connectivity index (χ0v) is 14.1. The van der Waals surface area contributed by atoms with Crippen LogP contribution in [0.2, 0.25) is 0 Å². The Labute approximate surface area is 150 Å². The Morgan fingerprint density at radius 1 is 1.23 bits per heavy atom. The van der Waals surface area contributed by atoms with Crippen LogP contribution < -0.4 is 4.74 Å². The Morgan fingerprint density at radius 3 is 2.81 bits per heavy atom. The molecule has 0 aliphatic carbocycles. The molecule has 2 heterocycles. The average molecular weight is 354 g/mol. The van der Waals surface area contributed by atoms with E-state index in [1.807, 2.05) is 30.3 Å². The normalized spacial score (nSPS) is 19.8. The molecule has 0 spiro atoms. The molecule has 2 N–H and O–H groups in total. The van der Waals surface area contributed by atoms with Gasteiger partial charge in [-0.15, -0.1) is 0 Å². The molecule has 1 fully saturated rings. The standard InChI is InChI=1S/C20H19FN2O3/c21-16-8-4-5-14-11-17(22-18(14)16)19(24)23-10-9-20(25,12-23)13-26-15-6-2-1-3-7-15/h1-8,11,22,25H,9-10,12-13H2. The van der Waals surface area contributed by atoms with Crippen LogP contribution >= 0.6 is 0 Å². The van der Waals surface area contributed by atoms with Gasteiger partial charge in [0.05, 0.1) is 12.1 Å². The van der Waals surface area contributed by atoms with Crippen LogP contribution in [-0.2, 0) is 0 Å². The van der Waals surface area contributed by atoms with Crippen LogP contribution in [0.5, 0.6) is 5.75 Å². The number of nitrogens with zero attached hydrogens (tertiary/aromatic N) is 1. The van der Waals surface area contributed by atoms with Crippen molar-refractivity contribution in [3.8, 4) is 5.75 Å². The zero-order valence-electron chi connectivity index (χ0n) is 14.1. The van der Waals surface area contributed by atoms with Gasteiger partial charge in [0.15, 0.2) is 0 Å². The minimum absolute atomic E-state index is 0.113. The number of carbonyl (C=O) groups is 1. The number of likely N-dealkylation sites (tertiary alicyclic amines) is 1. The molecule has 6 heteroatoms. The summed E-state index contributed by atoms with van der Waals surface area (Å²) in [6.07, 6.45) is 0.431. The molecule has 1 saturated heterocycles. The number of nitrogens with one attached hydrogen (secondary N) is 1. The molecule has 0 radical (unpaired) electrons. The number of aromatic nitrogens is 1. The molecule has 3 aromatic rings. The lowest BCUT2D eigenvalue weighted by Gasteiger charge is -2.23. The molecule has 0 bridgehead atoms. The van der Waals surface area contributed by atoms with Crippen LogP contribution in [0.15, 0.2) is 54.6 Å². The van der Waals surface area contributed by atoms with Gasteiger partial charge in [0.25, 0.3) is 5.91 Å². The number of hydrogen-bond donors (Lipinski definition) is 2. The van der Waals surface area contributed by atoms with Gasteiger partial charge in [0.2, 0.25) is 0 Å². The average Bonchev–Trinajstić information content (AvgIpc) is 3.26. The number of rotatable bonds is 4. The van der Waals surface area contributed by atoms with Crippen molar-refractivity contribution in [3.63, 3.8) is 0 Å². The smallest absolute Gasteiger partial charge is 0.270 e. The molecule has 1 aromatic heterocycles. The van der Waals surface area contributed by atoms with Crippen molar-refractivity contribution < 1.29 is 19.0 Å². The number of hydrogen-bond acceptors (Lipinski definition) is 3. The van der Waals surface area contributed by atoms with Gasteiger partial charge in [-0.1, -0.05) is 30.3 Å². The summed E-state index contributed by atoms with van der Waals surface area (Å²) < 4.78 is 19.5. The summed E-state index contributed by atoms with van der Waals surface area (Å²) in [4.78, 5) is 17.1. The van der Waals surface area contributed by atoms with Crippen molar-refractivity contribution in [1.29, 1.82) is 0 Å². The quantitative estimate of drug-likeness (QED) is 0.757.